The zero-order chi connectivity index (χ0) is 11.5. The van der Waals surface area contributed by atoms with Gasteiger partial charge in [-0.3, -0.25) is 10.1 Å². The zero-order valence-corrected chi connectivity index (χ0v) is 8.85. The monoisotopic (exact) mass is 222 g/mol. The zero-order valence-electron chi connectivity index (χ0n) is 8.85. The van der Waals surface area contributed by atoms with E-state index in [1.165, 1.54) is 12.1 Å². The van der Waals surface area contributed by atoms with Gasteiger partial charge in [0.15, 0.2) is 5.75 Å². The molecule has 1 aliphatic heterocycles. The Morgan fingerprint density at radius 3 is 2.62 bits per heavy atom. The largest absolute Gasteiger partial charge is 0.502 e. The van der Waals surface area contributed by atoms with E-state index in [0.717, 1.165) is 31.5 Å². The summed E-state index contributed by atoms with van der Waals surface area (Å²) < 4.78 is 0. The van der Waals surface area contributed by atoms with Crippen LogP contribution in [0.15, 0.2) is 18.2 Å². The number of nitrogens with one attached hydrogen (secondary N) is 1. The Morgan fingerprint density at radius 2 is 2.06 bits per heavy atom. The Kier molecular flexibility index (Phi) is 3.05. The minimum atomic E-state index is -0.568. The number of nitro benzene ring substituents is 1. The molecule has 0 bridgehead atoms. The summed E-state index contributed by atoms with van der Waals surface area (Å²) in [6.45, 7) is 1.92. The van der Waals surface area contributed by atoms with E-state index in [0.29, 0.717) is 5.92 Å². The lowest BCUT2D eigenvalue weighted by atomic mass is 9.90. The van der Waals surface area contributed by atoms with E-state index in [1.54, 1.807) is 6.07 Å². The second kappa shape index (κ2) is 4.49. The lowest BCUT2D eigenvalue weighted by Crippen LogP contribution is -2.26. The van der Waals surface area contributed by atoms with Gasteiger partial charge in [0.2, 0.25) is 0 Å². The van der Waals surface area contributed by atoms with Crippen molar-refractivity contribution in [3.05, 3.63) is 33.9 Å². The predicted molar refractivity (Wildman–Crippen MR) is 59.6 cm³/mol. The molecule has 0 aromatic heterocycles. The summed E-state index contributed by atoms with van der Waals surface area (Å²) in [5.74, 6) is 0.161. The van der Waals surface area contributed by atoms with Crippen LogP contribution in [0.1, 0.15) is 24.3 Å². The third-order valence-electron chi connectivity index (χ3n) is 3.01. The van der Waals surface area contributed by atoms with Crippen molar-refractivity contribution in [1.82, 2.24) is 5.32 Å². The number of rotatable bonds is 2. The number of phenolic OH excluding ortho intramolecular Hbond substituents is 1. The number of aromatic hydroxyl groups is 1. The molecule has 1 aromatic rings. The molecule has 1 saturated heterocycles. The first-order valence-corrected chi connectivity index (χ1v) is 5.36. The van der Waals surface area contributed by atoms with Crippen molar-refractivity contribution in [2.45, 2.75) is 18.8 Å². The molecule has 0 saturated carbocycles. The van der Waals surface area contributed by atoms with Gasteiger partial charge in [-0.15, -0.1) is 0 Å². The quantitative estimate of drug-likeness (QED) is 0.590. The van der Waals surface area contributed by atoms with Crippen molar-refractivity contribution < 1.29 is 10.0 Å². The number of hydrogen-bond acceptors (Lipinski definition) is 4. The van der Waals surface area contributed by atoms with E-state index in [1.807, 2.05) is 0 Å². The van der Waals surface area contributed by atoms with Gasteiger partial charge in [0.1, 0.15) is 0 Å². The molecule has 0 aliphatic carbocycles. The van der Waals surface area contributed by atoms with Crippen LogP contribution in [0.5, 0.6) is 5.75 Å². The standard InChI is InChI=1S/C11H14N2O3/c14-11-7-9(1-2-10(11)13(15)16)8-3-5-12-6-4-8/h1-2,7-8,12,14H,3-6H2. The number of nitrogens with zero attached hydrogens (tertiary/aromatic N) is 1. The lowest BCUT2D eigenvalue weighted by molar-refractivity contribution is -0.385. The van der Waals surface area contributed by atoms with Crippen molar-refractivity contribution in [2.24, 2.45) is 0 Å². The highest BCUT2D eigenvalue weighted by Gasteiger charge is 2.19. The third-order valence-corrected chi connectivity index (χ3v) is 3.01. The smallest absolute Gasteiger partial charge is 0.310 e. The predicted octanol–water partition coefficient (Wildman–Crippen LogP) is 1.77. The molecule has 0 amide bonds. The average molecular weight is 222 g/mol. The van der Waals surface area contributed by atoms with Crippen LogP contribution in [0, 0.1) is 10.1 Å². The van der Waals surface area contributed by atoms with Crippen LogP contribution < -0.4 is 5.32 Å². The van der Waals surface area contributed by atoms with Crippen molar-refractivity contribution >= 4 is 5.69 Å². The molecule has 2 N–H and O–H groups in total. The van der Waals surface area contributed by atoms with Gasteiger partial charge in [0.05, 0.1) is 4.92 Å². The van der Waals surface area contributed by atoms with Crippen LogP contribution in [-0.4, -0.2) is 23.1 Å². The maximum Gasteiger partial charge on any atom is 0.310 e. The molecule has 0 unspecified atom stereocenters. The Morgan fingerprint density at radius 1 is 1.38 bits per heavy atom. The molecule has 5 nitrogen and oxygen atoms in total. The highest BCUT2D eigenvalue weighted by Crippen LogP contribution is 2.32. The van der Waals surface area contributed by atoms with E-state index in [2.05, 4.69) is 5.32 Å². The number of phenols is 1. The van der Waals surface area contributed by atoms with E-state index in [-0.39, 0.29) is 11.4 Å². The topological polar surface area (TPSA) is 75.4 Å². The summed E-state index contributed by atoms with van der Waals surface area (Å²) in [4.78, 5) is 9.98. The van der Waals surface area contributed by atoms with Crippen molar-refractivity contribution in [3.63, 3.8) is 0 Å². The minimum absolute atomic E-state index is 0.224. The number of hydrogen-bond donors (Lipinski definition) is 2. The fourth-order valence-electron chi connectivity index (χ4n) is 2.10. The second-order valence-corrected chi connectivity index (χ2v) is 4.03. The Hall–Kier alpha value is -1.62. The summed E-state index contributed by atoms with van der Waals surface area (Å²) in [6.07, 6.45) is 2.02. The van der Waals surface area contributed by atoms with E-state index in [9.17, 15) is 15.2 Å². The molecule has 1 fully saturated rings. The third kappa shape index (κ3) is 2.14. The van der Waals surface area contributed by atoms with Gasteiger partial charge < -0.3 is 10.4 Å². The Bertz CT molecular complexity index is 400. The Balaban J connectivity index is 2.23. The first kappa shape index (κ1) is 10.9. The van der Waals surface area contributed by atoms with E-state index >= 15 is 0 Å². The van der Waals surface area contributed by atoms with Crippen LogP contribution in [0.2, 0.25) is 0 Å². The molecule has 5 heteroatoms. The maximum atomic E-state index is 10.5. The van der Waals surface area contributed by atoms with Crippen LogP contribution in [0.25, 0.3) is 0 Å². The average Bonchev–Trinajstić information content (AvgIpc) is 2.29. The number of piperidine rings is 1. The van der Waals surface area contributed by atoms with Gasteiger partial charge in [0.25, 0.3) is 0 Å². The molecule has 0 radical (unpaired) electrons. The maximum absolute atomic E-state index is 10.5. The van der Waals surface area contributed by atoms with Gasteiger partial charge in [-0.25, -0.2) is 0 Å². The molecule has 16 heavy (non-hydrogen) atoms. The summed E-state index contributed by atoms with van der Waals surface area (Å²) in [7, 11) is 0. The number of benzene rings is 1. The molecule has 1 aliphatic rings. The first-order chi connectivity index (χ1) is 7.68. The fraction of sp³-hybridized carbons (Fsp3) is 0.455. The normalized spacial score (nSPS) is 17.2. The first-order valence-electron chi connectivity index (χ1n) is 5.36. The molecule has 1 heterocycles. The molecule has 0 atom stereocenters. The van der Waals surface area contributed by atoms with Gasteiger partial charge in [-0.05, 0) is 43.5 Å². The van der Waals surface area contributed by atoms with Gasteiger partial charge in [-0.2, -0.15) is 0 Å². The SMILES string of the molecule is O=[N+]([O-])c1ccc(C2CCNCC2)cc1O. The van der Waals surface area contributed by atoms with Crippen LogP contribution in [0.3, 0.4) is 0 Å². The van der Waals surface area contributed by atoms with Gasteiger partial charge >= 0.3 is 5.69 Å². The van der Waals surface area contributed by atoms with Crippen LogP contribution in [-0.2, 0) is 0 Å². The highest BCUT2D eigenvalue weighted by molar-refractivity contribution is 5.48. The Labute approximate surface area is 93.2 Å². The summed E-state index contributed by atoms with van der Waals surface area (Å²) >= 11 is 0. The van der Waals surface area contributed by atoms with Crippen molar-refractivity contribution in [3.8, 4) is 5.75 Å². The molecule has 86 valence electrons. The lowest BCUT2D eigenvalue weighted by Gasteiger charge is -2.22. The molecule has 0 spiro atoms. The summed E-state index contributed by atoms with van der Waals surface area (Å²) in [5, 5.41) is 23.3. The molecule has 1 aromatic carbocycles. The van der Waals surface area contributed by atoms with E-state index < -0.39 is 4.92 Å². The fourth-order valence-corrected chi connectivity index (χ4v) is 2.10. The van der Waals surface area contributed by atoms with Crippen LogP contribution >= 0.6 is 0 Å². The summed E-state index contributed by atoms with van der Waals surface area (Å²) in [5.41, 5.74) is 0.766. The van der Waals surface area contributed by atoms with Crippen LogP contribution in [0.4, 0.5) is 5.69 Å². The van der Waals surface area contributed by atoms with Gasteiger partial charge in [0, 0.05) is 6.07 Å². The number of nitro groups is 1. The minimum Gasteiger partial charge on any atom is -0.502 e. The molecular weight excluding hydrogens is 208 g/mol. The second-order valence-electron chi connectivity index (χ2n) is 4.03. The van der Waals surface area contributed by atoms with Crippen molar-refractivity contribution in [2.75, 3.05) is 13.1 Å². The van der Waals surface area contributed by atoms with Crippen molar-refractivity contribution in [1.29, 1.82) is 0 Å². The molecule has 2 rings (SSSR count). The summed E-state index contributed by atoms with van der Waals surface area (Å²) in [6, 6.07) is 4.65. The molecular formula is C11H14N2O3. The highest BCUT2D eigenvalue weighted by atomic mass is 16.6. The van der Waals surface area contributed by atoms with E-state index in [4.69, 9.17) is 0 Å². The van der Waals surface area contributed by atoms with Gasteiger partial charge in [-0.1, -0.05) is 6.07 Å².